The molecule has 1 saturated carbocycles. The van der Waals surface area contributed by atoms with Crippen molar-refractivity contribution in [3.05, 3.63) is 101 Å². The average molecular weight is 570 g/mol. The van der Waals surface area contributed by atoms with Gasteiger partial charge in [-0.3, -0.25) is 9.59 Å². The number of benzene rings is 3. The van der Waals surface area contributed by atoms with Gasteiger partial charge in [0.15, 0.2) is 0 Å². The normalized spacial score (nSPS) is 14.7. The van der Waals surface area contributed by atoms with Gasteiger partial charge < -0.3 is 20.3 Å². The molecule has 7 nitrogen and oxygen atoms in total. The Balaban J connectivity index is 1.77. The predicted octanol–water partition coefficient (Wildman–Crippen LogP) is 6.81. The van der Waals surface area contributed by atoms with Crippen LogP contribution in [0, 0.1) is 20.8 Å². The smallest absolute Gasteiger partial charge is 0.408 e. The lowest BCUT2D eigenvalue weighted by molar-refractivity contribution is -0.145. The minimum absolute atomic E-state index is 0.135. The van der Waals surface area contributed by atoms with Gasteiger partial charge in [0.25, 0.3) is 5.91 Å². The molecule has 7 heteroatoms. The Hall–Kier alpha value is -4.13. The second-order valence-corrected chi connectivity index (χ2v) is 12.2. The highest BCUT2D eigenvalue weighted by Crippen LogP contribution is 2.36. The fourth-order valence-corrected chi connectivity index (χ4v) is 5.38. The Kier molecular flexibility index (Phi) is 9.71. The first-order valence-electron chi connectivity index (χ1n) is 14.7. The monoisotopic (exact) mass is 569 g/mol. The molecular formula is C35H43N3O4. The minimum Gasteiger partial charge on any atom is -0.444 e. The van der Waals surface area contributed by atoms with Crippen LogP contribution in [0.3, 0.4) is 0 Å². The first kappa shape index (κ1) is 30.8. The fourth-order valence-electron chi connectivity index (χ4n) is 5.38. The lowest BCUT2D eigenvalue weighted by Crippen LogP contribution is -2.57. The van der Waals surface area contributed by atoms with Crippen LogP contribution in [0.2, 0.25) is 0 Å². The summed E-state index contributed by atoms with van der Waals surface area (Å²) < 4.78 is 5.55. The van der Waals surface area contributed by atoms with E-state index in [1.54, 1.807) is 25.7 Å². The Morgan fingerprint density at radius 3 is 2.02 bits per heavy atom. The first-order chi connectivity index (χ1) is 19.9. The van der Waals surface area contributed by atoms with Crippen molar-refractivity contribution in [1.29, 1.82) is 0 Å². The van der Waals surface area contributed by atoms with E-state index in [0.29, 0.717) is 0 Å². The summed E-state index contributed by atoms with van der Waals surface area (Å²) in [7, 11) is 0. The molecule has 3 aromatic carbocycles. The van der Waals surface area contributed by atoms with E-state index in [4.69, 9.17) is 4.74 Å². The molecule has 3 amide bonds. The number of rotatable bonds is 9. The molecule has 0 radical (unpaired) electrons. The number of carbonyl (C=O) groups is 3. The summed E-state index contributed by atoms with van der Waals surface area (Å²) in [6.45, 7) is 11.2. The number of para-hydroxylation sites is 1. The van der Waals surface area contributed by atoms with Gasteiger partial charge in [-0.1, -0.05) is 72.8 Å². The fraction of sp³-hybridized carbons (Fsp3) is 0.400. The van der Waals surface area contributed by atoms with Crippen molar-refractivity contribution < 1.29 is 19.1 Å². The molecule has 0 aromatic heterocycles. The van der Waals surface area contributed by atoms with Gasteiger partial charge in [0.2, 0.25) is 5.91 Å². The van der Waals surface area contributed by atoms with Crippen LogP contribution in [0.25, 0.3) is 0 Å². The van der Waals surface area contributed by atoms with Crippen molar-refractivity contribution in [3.8, 4) is 0 Å². The summed E-state index contributed by atoms with van der Waals surface area (Å²) in [5.74, 6) is -0.586. The quantitative estimate of drug-likeness (QED) is 0.296. The van der Waals surface area contributed by atoms with Gasteiger partial charge in [-0.15, -0.1) is 0 Å². The summed E-state index contributed by atoms with van der Waals surface area (Å²) in [5, 5.41) is 6.01. The first-order valence-corrected chi connectivity index (χ1v) is 14.7. The van der Waals surface area contributed by atoms with E-state index >= 15 is 0 Å². The summed E-state index contributed by atoms with van der Waals surface area (Å²) in [5.41, 5.74) is 4.48. The Morgan fingerprint density at radius 1 is 0.857 bits per heavy atom. The second-order valence-electron chi connectivity index (χ2n) is 12.2. The SMILES string of the molecule is Cc1ccccc1C(C(=O)Nc1c(C)cccc1C)N(C(=O)C(Cc1ccccc1)NC(=O)OC(C)(C)C)C1CCC1. The number of amides is 3. The molecule has 1 aliphatic carbocycles. The maximum Gasteiger partial charge on any atom is 0.408 e. The van der Waals surface area contributed by atoms with Crippen LogP contribution >= 0.6 is 0 Å². The Labute approximate surface area is 249 Å². The molecular weight excluding hydrogens is 526 g/mol. The molecule has 0 saturated heterocycles. The highest BCUT2D eigenvalue weighted by molar-refractivity contribution is 6.00. The van der Waals surface area contributed by atoms with Gasteiger partial charge in [0.05, 0.1) is 0 Å². The molecule has 1 aliphatic rings. The van der Waals surface area contributed by atoms with Crippen molar-refractivity contribution in [2.24, 2.45) is 0 Å². The van der Waals surface area contributed by atoms with E-state index in [1.807, 2.05) is 93.6 Å². The van der Waals surface area contributed by atoms with Gasteiger partial charge in [-0.05, 0) is 88.6 Å². The van der Waals surface area contributed by atoms with Crippen LogP contribution in [0.5, 0.6) is 0 Å². The van der Waals surface area contributed by atoms with Crippen LogP contribution in [0.1, 0.15) is 73.9 Å². The third kappa shape index (κ3) is 7.58. The molecule has 42 heavy (non-hydrogen) atoms. The van der Waals surface area contributed by atoms with Gasteiger partial charge in [0, 0.05) is 18.2 Å². The van der Waals surface area contributed by atoms with Crippen molar-refractivity contribution in [3.63, 3.8) is 0 Å². The molecule has 3 aromatic rings. The van der Waals surface area contributed by atoms with E-state index in [2.05, 4.69) is 10.6 Å². The molecule has 222 valence electrons. The number of nitrogens with zero attached hydrogens (tertiary/aromatic N) is 1. The Morgan fingerprint density at radius 2 is 1.45 bits per heavy atom. The molecule has 0 bridgehead atoms. The largest absolute Gasteiger partial charge is 0.444 e. The number of hydrogen-bond acceptors (Lipinski definition) is 4. The molecule has 2 unspecified atom stereocenters. The topological polar surface area (TPSA) is 87.7 Å². The lowest BCUT2D eigenvalue weighted by atomic mass is 9.87. The van der Waals surface area contributed by atoms with Crippen LogP contribution < -0.4 is 10.6 Å². The van der Waals surface area contributed by atoms with Crippen molar-refractivity contribution in [1.82, 2.24) is 10.2 Å². The van der Waals surface area contributed by atoms with Crippen LogP contribution in [0.15, 0.2) is 72.8 Å². The standard InChI is InChI=1S/C35H43N3O4/c1-23-14-10-11-21-28(23)31(32(39)37-30-24(2)15-12-16-25(30)3)38(27-19-13-20-27)33(40)29(22-26-17-8-7-9-18-26)36-34(41)42-35(4,5)6/h7-12,14-18,21,27,29,31H,13,19-20,22H2,1-6H3,(H,36,41)(H,37,39). The van der Waals surface area contributed by atoms with Gasteiger partial charge in [0.1, 0.15) is 17.7 Å². The third-order valence-electron chi connectivity index (χ3n) is 7.73. The zero-order valence-electron chi connectivity index (χ0n) is 25.6. The number of anilines is 1. The number of ether oxygens (including phenoxy) is 1. The summed E-state index contributed by atoms with van der Waals surface area (Å²) >= 11 is 0. The van der Waals surface area contributed by atoms with Gasteiger partial charge >= 0.3 is 6.09 Å². The zero-order chi connectivity index (χ0) is 30.4. The number of hydrogen-bond donors (Lipinski definition) is 2. The van der Waals surface area contributed by atoms with E-state index in [1.165, 1.54) is 0 Å². The van der Waals surface area contributed by atoms with E-state index in [-0.39, 0.29) is 24.3 Å². The molecule has 2 atom stereocenters. The summed E-state index contributed by atoms with van der Waals surface area (Å²) in [4.78, 5) is 43.7. The van der Waals surface area contributed by atoms with Gasteiger partial charge in [-0.2, -0.15) is 0 Å². The molecule has 0 heterocycles. The molecule has 0 aliphatic heterocycles. The second kappa shape index (κ2) is 13.2. The zero-order valence-corrected chi connectivity index (χ0v) is 25.6. The molecule has 4 rings (SSSR count). The maximum absolute atomic E-state index is 14.7. The van der Waals surface area contributed by atoms with Crippen LogP contribution in [-0.4, -0.2) is 40.5 Å². The number of carbonyl (C=O) groups excluding carboxylic acids is 3. The number of nitrogens with one attached hydrogen (secondary N) is 2. The minimum atomic E-state index is -0.928. The lowest BCUT2D eigenvalue weighted by Gasteiger charge is -2.44. The molecule has 2 N–H and O–H groups in total. The summed E-state index contributed by atoms with van der Waals surface area (Å²) in [6, 6.07) is 21.2. The third-order valence-corrected chi connectivity index (χ3v) is 7.73. The number of alkyl carbamates (subject to hydrolysis) is 1. The summed E-state index contributed by atoms with van der Waals surface area (Å²) in [6.07, 6.45) is 2.14. The Bertz CT molecular complexity index is 1390. The highest BCUT2D eigenvalue weighted by Gasteiger charge is 2.42. The van der Waals surface area contributed by atoms with Gasteiger partial charge in [-0.25, -0.2) is 4.79 Å². The van der Waals surface area contributed by atoms with E-state index in [9.17, 15) is 14.4 Å². The molecule has 0 spiro atoms. The molecule has 1 fully saturated rings. The van der Waals surface area contributed by atoms with Crippen LogP contribution in [-0.2, 0) is 20.7 Å². The van der Waals surface area contributed by atoms with Crippen LogP contribution in [0.4, 0.5) is 10.5 Å². The number of aryl methyl sites for hydroxylation is 3. The van der Waals surface area contributed by atoms with Crippen molar-refractivity contribution in [2.45, 2.75) is 91.0 Å². The maximum atomic E-state index is 14.7. The van der Waals surface area contributed by atoms with Crippen molar-refractivity contribution in [2.75, 3.05) is 5.32 Å². The average Bonchev–Trinajstić information content (AvgIpc) is 2.89. The van der Waals surface area contributed by atoms with E-state index < -0.39 is 23.8 Å². The predicted molar refractivity (Wildman–Crippen MR) is 166 cm³/mol. The van der Waals surface area contributed by atoms with E-state index in [0.717, 1.165) is 52.8 Å². The highest BCUT2D eigenvalue weighted by atomic mass is 16.6. The van der Waals surface area contributed by atoms with Crippen molar-refractivity contribution >= 4 is 23.6 Å².